The molecule has 8 heteroatoms. The van der Waals surface area contributed by atoms with Crippen molar-refractivity contribution in [1.82, 2.24) is 25.2 Å². The Kier molecular flexibility index (Phi) is 4.19. The van der Waals surface area contributed by atoms with Gasteiger partial charge in [0, 0.05) is 12.4 Å². The highest BCUT2D eigenvalue weighted by molar-refractivity contribution is 5.23. The summed E-state index contributed by atoms with van der Waals surface area (Å²) in [5.74, 6) is 0.628. The quantitative estimate of drug-likeness (QED) is 0.764. The Morgan fingerprint density at radius 3 is 2.84 bits per heavy atom. The summed E-state index contributed by atoms with van der Waals surface area (Å²) in [7, 11) is 0. The first kappa shape index (κ1) is 15.8. The number of aromatic nitrogens is 4. The van der Waals surface area contributed by atoms with E-state index < -0.39 is 11.4 Å². The molecule has 0 aliphatic carbocycles. The summed E-state index contributed by atoms with van der Waals surface area (Å²) in [5, 5.41) is 11.7. The van der Waals surface area contributed by atoms with E-state index in [4.69, 9.17) is 9.26 Å². The van der Waals surface area contributed by atoms with E-state index in [1.54, 1.807) is 24.4 Å². The van der Waals surface area contributed by atoms with Crippen molar-refractivity contribution >= 4 is 0 Å². The molecular formula is C17H18FN5O2. The van der Waals surface area contributed by atoms with Gasteiger partial charge in [0.05, 0.1) is 0 Å². The maximum Gasteiger partial charge on any atom is 0.254 e. The van der Waals surface area contributed by atoms with Gasteiger partial charge in [-0.3, -0.25) is 4.68 Å². The minimum Gasteiger partial charge on any atom is -0.482 e. The molecule has 7 nitrogen and oxygen atoms in total. The highest BCUT2D eigenvalue weighted by atomic mass is 19.1. The molecule has 0 saturated carbocycles. The summed E-state index contributed by atoms with van der Waals surface area (Å²) in [6.45, 7) is 1.71. The number of piperidine rings is 1. The molecule has 3 aromatic rings. The summed E-state index contributed by atoms with van der Waals surface area (Å²) < 4.78 is 26.5. The lowest BCUT2D eigenvalue weighted by atomic mass is 9.88. The van der Waals surface area contributed by atoms with Crippen molar-refractivity contribution in [3.8, 4) is 5.75 Å². The number of benzene rings is 1. The molecule has 0 unspecified atom stereocenters. The molecule has 2 aromatic heterocycles. The van der Waals surface area contributed by atoms with Gasteiger partial charge in [-0.25, -0.2) is 4.39 Å². The number of hydrogen-bond donors (Lipinski definition) is 1. The zero-order chi connectivity index (χ0) is 17.1. The lowest BCUT2D eigenvalue weighted by Crippen LogP contribution is -2.45. The van der Waals surface area contributed by atoms with Gasteiger partial charge in [-0.15, -0.1) is 0 Å². The lowest BCUT2D eigenvalue weighted by Gasteiger charge is -2.34. The largest absolute Gasteiger partial charge is 0.482 e. The maximum atomic E-state index is 13.6. The second-order valence-corrected chi connectivity index (χ2v) is 5.97. The molecule has 1 aromatic carbocycles. The number of rotatable bonds is 5. The summed E-state index contributed by atoms with van der Waals surface area (Å²) in [5.41, 5.74) is -0.460. The maximum absolute atomic E-state index is 13.6. The highest BCUT2D eigenvalue weighted by Crippen LogP contribution is 2.33. The third kappa shape index (κ3) is 3.00. The van der Waals surface area contributed by atoms with Gasteiger partial charge in [-0.05, 0) is 44.1 Å². The van der Waals surface area contributed by atoms with Crippen molar-refractivity contribution in [2.75, 3.05) is 13.1 Å². The molecule has 0 bridgehead atoms. The van der Waals surface area contributed by atoms with Crippen LogP contribution in [0.25, 0.3) is 0 Å². The molecule has 1 aliphatic rings. The Labute approximate surface area is 143 Å². The molecule has 0 radical (unpaired) electrons. The lowest BCUT2D eigenvalue weighted by molar-refractivity contribution is 0.172. The first-order chi connectivity index (χ1) is 12.3. The monoisotopic (exact) mass is 343 g/mol. The van der Waals surface area contributed by atoms with Crippen LogP contribution in [-0.4, -0.2) is 33.0 Å². The van der Waals surface area contributed by atoms with Crippen LogP contribution in [0.15, 0.2) is 47.2 Å². The van der Waals surface area contributed by atoms with E-state index in [-0.39, 0.29) is 12.4 Å². The Hall–Kier alpha value is -2.74. The molecular weight excluding hydrogens is 325 g/mol. The van der Waals surface area contributed by atoms with E-state index in [0.29, 0.717) is 11.7 Å². The first-order valence-corrected chi connectivity index (χ1v) is 8.19. The normalized spacial score (nSPS) is 16.7. The number of nitrogens with one attached hydrogen (secondary N) is 1. The van der Waals surface area contributed by atoms with E-state index in [9.17, 15) is 4.39 Å². The molecule has 0 atom stereocenters. The van der Waals surface area contributed by atoms with Gasteiger partial charge in [0.15, 0.2) is 18.2 Å². The summed E-state index contributed by atoms with van der Waals surface area (Å²) in [6, 6.07) is 8.11. The zero-order valence-corrected chi connectivity index (χ0v) is 13.6. The summed E-state index contributed by atoms with van der Waals surface area (Å²) in [4.78, 5) is 4.49. The number of halogens is 1. The predicted molar refractivity (Wildman–Crippen MR) is 86.4 cm³/mol. The smallest absolute Gasteiger partial charge is 0.254 e. The number of ether oxygens (including phenoxy) is 1. The van der Waals surface area contributed by atoms with Crippen molar-refractivity contribution < 1.29 is 13.7 Å². The molecule has 3 heterocycles. The molecule has 25 heavy (non-hydrogen) atoms. The van der Waals surface area contributed by atoms with Gasteiger partial charge in [0.1, 0.15) is 5.54 Å². The van der Waals surface area contributed by atoms with Gasteiger partial charge in [-0.2, -0.15) is 10.1 Å². The fraction of sp³-hybridized carbons (Fsp3) is 0.353. The third-order valence-corrected chi connectivity index (χ3v) is 4.43. The van der Waals surface area contributed by atoms with Crippen LogP contribution in [0.5, 0.6) is 5.75 Å². The standard InChI is InChI=1S/C17H18FN5O2/c18-13-4-1-2-5-14(13)24-12-15-21-16(25-22-15)17(6-9-19-10-7-17)23-11-3-8-20-23/h1-5,8,11,19H,6-7,9-10,12H2. The predicted octanol–water partition coefficient (Wildman–Crippen LogP) is 2.11. The minimum atomic E-state index is -0.460. The van der Waals surface area contributed by atoms with Crippen LogP contribution in [0.3, 0.4) is 0 Å². The van der Waals surface area contributed by atoms with Crippen LogP contribution in [-0.2, 0) is 12.1 Å². The van der Waals surface area contributed by atoms with Gasteiger partial charge in [0.2, 0.25) is 5.82 Å². The molecule has 1 saturated heterocycles. The van der Waals surface area contributed by atoms with Gasteiger partial charge < -0.3 is 14.6 Å². The van der Waals surface area contributed by atoms with Gasteiger partial charge in [-0.1, -0.05) is 17.3 Å². The van der Waals surface area contributed by atoms with Gasteiger partial charge >= 0.3 is 0 Å². The van der Waals surface area contributed by atoms with Crippen LogP contribution in [0.4, 0.5) is 4.39 Å². The van der Waals surface area contributed by atoms with Crippen LogP contribution in [0.1, 0.15) is 24.6 Å². The van der Waals surface area contributed by atoms with Crippen molar-refractivity contribution in [2.45, 2.75) is 25.0 Å². The minimum absolute atomic E-state index is 0.0396. The fourth-order valence-electron chi connectivity index (χ4n) is 3.11. The third-order valence-electron chi connectivity index (χ3n) is 4.43. The number of para-hydroxylation sites is 1. The average molecular weight is 343 g/mol. The van der Waals surface area contributed by atoms with Crippen LogP contribution < -0.4 is 10.1 Å². The Morgan fingerprint density at radius 2 is 2.08 bits per heavy atom. The van der Waals surface area contributed by atoms with Crippen LogP contribution in [0.2, 0.25) is 0 Å². The Balaban J connectivity index is 1.56. The highest BCUT2D eigenvalue weighted by Gasteiger charge is 2.41. The van der Waals surface area contributed by atoms with Crippen LogP contribution in [0, 0.1) is 5.82 Å². The van der Waals surface area contributed by atoms with Crippen molar-refractivity contribution in [3.63, 3.8) is 0 Å². The molecule has 4 rings (SSSR count). The van der Waals surface area contributed by atoms with Crippen LogP contribution >= 0.6 is 0 Å². The SMILES string of the molecule is Fc1ccccc1OCc1noc(C2(n3cccn3)CCNCC2)n1. The fourth-order valence-corrected chi connectivity index (χ4v) is 3.11. The number of hydrogen-bond acceptors (Lipinski definition) is 6. The second-order valence-electron chi connectivity index (χ2n) is 5.97. The molecule has 130 valence electrons. The zero-order valence-electron chi connectivity index (χ0n) is 13.6. The van der Waals surface area contributed by atoms with E-state index in [1.807, 2.05) is 16.9 Å². The van der Waals surface area contributed by atoms with E-state index in [0.717, 1.165) is 25.9 Å². The van der Waals surface area contributed by atoms with Crippen molar-refractivity contribution in [2.24, 2.45) is 0 Å². The van der Waals surface area contributed by atoms with E-state index in [2.05, 4.69) is 20.6 Å². The van der Waals surface area contributed by atoms with Crippen molar-refractivity contribution in [3.05, 3.63) is 60.3 Å². The van der Waals surface area contributed by atoms with E-state index >= 15 is 0 Å². The van der Waals surface area contributed by atoms with Gasteiger partial charge in [0.25, 0.3) is 5.89 Å². The summed E-state index contributed by atoms with van der Waals surface area (Å²) in [6.07, 6.45) is 5.24. The molecule has 1 fully saturated rings. The average Bonchev–Trinajstić information content (AvgIpc) is 3.34. The first-order valence-electron chi connectivity index (χ1n) is 8.19. The Morgan fingerprint density at radius 1 is 1.24 bits per heavy atom. The van der Waals surface area contributed by atoms with Crippen molar-refractivity contribution in [1.29, 1.82) is 0 Å². The molecule has 1 N–H and O–H groups in total. The Bertz CT molecular complexity index is 827. The summed E-state index contributed by atoms with van der Waals surface area (Å²) >= 11 is 0. The molecule has 1 aliphatic heterocycles. The molecule has 0 spiro atoms. The van der Waals surface area contributed by atoms with E-state index in [1.165, 1.54) is 6.07 Å². The topological polar surface area (TPSA) is 78.0 Å². The second kappa shape index (κ2) is 6.64. The number of nitrogens with zero attached hydrogens (tertiary/aromatic N) is 4. The molecule has 0 amide bonds.